The summed E-state index contributed by atoms with van der Waals surface area (Å²) in [4.78, 5) is 20.3. The molecule has 5 N–H and O–H groups in total. The molecule has 1 aromatic heterocycles. The molecule has 10 nitrogen and oxygen atoms in total. The SMILES string of the molecule is CC(C)(C)OC(=O)Nc1ccc(Nc2ccnc(Nc3cccc(S(N)(=O)=O)c3)n2)cc1. The molecule has 0 atom stereocenters. The summed E-state index contributed by atoms with van der Waals surface area (Å²) in [6.45, 7) is 5.38. The van der Waals surface area contributed by atoms with Crippen LogP contribution in [-0.2, 0) is 14.8 Å². The minimum Gasteiger partial charge on any atom is -0.444 e. The number of hydrogen-bond acceptors (Lipinski definition) is 8. The highest BCUT2D eigenvalue weighted by Gasteiger charge is 2.16. The standard InChI is InChI=1S/C21H24N6O4S/c1-21(2,3)31-20(28)26-15-9-7-14(8-10-15)24-18-11-12-23-19(27-18)25-16-5-4-6-17(13-16)32(22,29)30/h4-13H,1-3H3,(H,26,28)(H2,22,29,30)(H2,23,24,25,27). The lowest BCUT2D eigenvalue weighted by molar-refractivity contribution is 0.0636. The molecule has 32 heavy (non-hydrogen) atoms. The number of carbonyl (C=O) groups excluding carboxylic acids is 1. The van der Waals surface area contributed by atoms with Gasteiger partial charge in [0, 0.05) is 23.3 Å². The monoisotopic (exact) mass is 456 g/mol. The second-order valence-electron chi connectivity index (χ2n) is 7.79. The van der Waals surface area contributed by atoms with Crippen LogP contribution in [-0.4, -0.2) is 30.1 Å². The Balaban J connectivity index is 1.65. The summed E-state index contributed by atoms with van der Waals surface area (Å²) in [5.74, 6) is 0.780. The fourth-order valence-electron chi connectivity index (χ4n) is 2.57. The predicted molar refractivity (Wildman–Crippen MR) is 123 cm³/mol. The molecule has 0 radical (unpaired) electrons. The maximum atomic E-state index is 11.9. The van der Waals surface area contributed by atoms with Gasteiger partial charge in [-0.25, -0.2) is 23.3 Å². The molecule has 0 saturated carbocycles. The first-order chi connectivity index (χ1) is 15.0. The van der Waals surface area contributed by atoms with Crippen LogP contribution >= 0.6 is 0 Å². The first-order valence-electron chi connectivity index (χ1n) is 9.58. The van der Waals surface area contributed by atoms with Crippen LogP contribution in [0.1, 0.15) is 20.8 Å². The van der Waals surface area contributed by atoms with E-state index in [0.717, 1.165) is 5.69 Å². The van der Waals surface area contributed by atoms with E-state index < -0.39 is 21.7 Å². The number of rotatable bonds is 6. The van der Waals surface area contributed by atoms with Crippen molar-refractivity contribution in [1.82, 2.24) is 9.97 Å². The molecule has 2 aromatic carbocycles. The van der Waals surface area contributed by atoms with Gasteiger partial charge >= 0.3 is 6.09 Å². The van der Waals surface area contributed by atoms with Crippen molar-refractivity contribution in [3.63, 3.8) is 0 Å². The number of primary sulfonamides is 1. The Morgan fingerprint density at radius 2 is 1.66 bits per heavy atom. The van der Waals surface area contributed by atoms with Crippen molar-refractivity contribution in [1.29, 1.82) is 0 Å². The van der Waals surface area contributed by atoms with Crippen molar-refractivity contribution in [3.05, 3.63) is 60.8 Å². The van der Waals surface area contributed by atoms with E-state index in [4.69, 9.17) is 9.88 Å². The summed E-state index contributed by atoms with van der Waals surface area (Å²) >= 11 is 0. The van der Waals surface area contributed by atoms with Gasteiger partial charge in [0.05, 0.1) is 4.90 Å². The maximum Gasteiger partial charge on any atom is 0.412 e. The van der Waals surface area contributed by atoms with Crippen molar-refractivity contribution < 1.29 is 17.9 Å². The zero-order chi connectivity index (χ0) is 23.4. The van der Waals surface area contributed by atoms with E-state index in [0.29, 0.717) is 17.2 Å². The molecule has 0 aliphatic rings. The fraction of sp³-hybridized carbons (Fsp3) is 0.190. The molecule has 1 amide bonds. The summed E-state index contributed by atoms with van der Waals surface area (Å²) in [5.41, 5.74) is 1.22. The zero-order valence-corrected chi connectivity index (χ0v) is 18.6. The van der Waals surface area contributed by atoms with E-state index in [1.54, 1.807) is 69.4 Å². The van der Waals surface area contributed by atoms with Crippen LogP contribution in [0.5, 0.6) is 0 Å². The zero-order valence-electron chi connectivity index (χ0n) is 17.8. The minimum atomic E-state index is -3.81. The van der Waals surface area contributed by atoms with Gasteiger partial charge in [0.1, 0.15) is 11.4 Å². The van der Waals surface area contributed by atoms with Gasteiger partial charge in [-0.3, -0.25) is 5.32 Å². The molecule has 168 valence electrons. The van der Waals surface area contributed by atoms with Crippen LogP contribution < -0.4 is 21.1 Å². The van der Waals surface area contributed by atoms with Crippen LogP contribution in [0.3, 0.4) is 0 Å². The Bertz CT molecular complexity index is 1210. The van der Waals surface area contributed by atoms with Crippen molar-refractivity contribution >= 4 is 44.9 Å². The van der Waals surface area contributed by atoms with Gasteiger partial charge in [0.25, 0.3) is 0 Å². The van der Waals surface area contributed by atoms with Crippen molar-refractivity contribution in [2.75, 3.05) is 16.0 Å². The summed E-state index contributed by atoms with van der Waals surface area (Å²) in [6, 6.07) is 14.7. The number of ether oxygens (including phenoxy) is 1. The van der Waals surface area contributed by atoms with E-state index in [1.165, 1.54) is 12.1 Å². The second-order valence-corrected chi connectivity index (χ2v) is 9.35. The molecule has 0 aliphatic carbocycles. The van der Waals surface area contributed by atoms with Crippen LogP contribution in [0.4, 0.5) is 33.6 Å². The summed E-state index contributed by atoms with van der Waals surface area (Å²) in [7, 11) is -3.81. The summed E-state index contributed by atoms with van der Waals surface area (Å²) in [5, 5.41) is 13.9. The lowest BCUT2D eigenvalue weighted by Crippen LogP contribution is -2.27. The third kappa shape index (κ3) is 6.93. The van der Waals surface area contributed by atoms with Gasteiger partial charge in [0.15, 0.2) is 0 Å². The molecule has 1 heterocycles. The van der Waals surface area contributed by atoms with E-state index in [1.807, 2.05) is 0 Å². The van der Waals surface area contributed by atoms with Crippen LogP contribution in [0.2, 0.25) is 0 Å². The third-order valence-corrected chi connectivity index (χ3v) is 4.79. The molecule has 3 rings (SSSR count). The number of amides is 1. The number of carbonyl (C=O) groups is 1. The maximum absolute atomic E-state index is 11.9. The number of nitrogens with two attached hydrogens (primary N) is 1. The van der Waals surface area contributed by atoms with Crippen LogP contribution in [0.25, 0.3) is 0 Å². The Kier molecular flexibility index (Phi) is 6.61. The number of nitrogens with zero attached hydrogens (tertiary/aromatic N) is 2. The number of hydrogen-bond donors (Lipinski definition) is 4. The van der Waals surface area contributed by atoms with Crippen LogP contribution in [0, 0.1) is 0 Å². The normalized spacial score (nSPS) is 11.5. The molecular weight excluding hydrogens is 432 g/mol. The predicted octanol–water partition coefficient (Wildman–Crippen LogP) is 3.96. The topological polar surface area (TPSA) is 148 Å². The molecule has 0 bridgehead atoms. The number of nitrogens with one attached hydrogen (secondary N) is 3. The highest BCUT2D eigenvalue weighted by molar-refractivity contribution is 7.89. The van der Waals surface area contributed by atoms with Crippen molar-refractivity contribution in [2.24, 2.45) is 5.14 Å². The molecule has 0 fully saturated rings. The van der Waals surface area contributed by atoms with Gasteiger partial charge in [-0.2, -0.15) is 4.98 Å². The molecule has 0 spiro atoms. The molecule has 3 aromatic rings. The number of sulfonamides is 1. The third-order valence-electron chi connectivity index (χ3n) is 3.88. The van der Waals surface area contributed by atoms with Gasteiger partial charge < -0.3 is 15.4 Å². The van der Waals surface area contributed by atoms with E-state index in [9.17, 15) is 13.2 Å². The Hall–Kier alpha value is -3.70. The number of benzene rings is 2. The quantitative estimate of drug-likeness (QED) is 0.435. The van der Waals surface area contributed by atoms with E-state index >= 15 is 0 Å². The highest BCUT2D eigenvalue weighted by atomic mass is 32.2. The van der Waals surface area contributed by atoms with Gasteiger partial charge in [-0.15, -0.1) is 0 Å². The summed E-state index contributed by atoms with van der Waals surface area (Å²) < 4.78 is 28.3. The highest BCUT2D eigenvalue weighted by Crippen LogP contribution is 2.21. The smallest absolute Gasteiger partial charge is 0.412 e. The lowest BCUT2D eigenvalue weighted by atomic mass is 10.2. The largest absolute Gasteiger partial charge is 0.444 e. The fourth-order valence-corrected chi connectivity index (χ4v) is 3.13. The molecule has 11 heteroatoms. The van der Waals surface area contributed by atoms with E-state index in [2.05, 4.69) is 25.9 Å². The molecule has 0 unspecified atom stereocenters. The molecule has 0 aliphatic heterocycles. The number of anilines is 5. The first-order valence-corrected chi connectivity index (χ1v) is 11.1. The Labute approximate surface area is 186 Å². The van der Waals surface area contributed by atoms with Gasteiger partial charge in [-0.1, -0.05) is 6.07 Å². The average molecular weight is 457 g/mol. The van der Waals surface area contributed by atoms with E-state index in [-0.39, 0.29) is 10.8 Å². The Morgan fingerprint density at radius 3 is 2.31 bits per heavy atom. The second kappa shape index (κ2) is 9.20. The van der Waals surface area contributed by atoms with Crippen molar-refractivity contribution in [3.8, 4) is 0 Å². The van der Waals surface area contributed by atoms with Gasteiger partial charge in [-0.05, 0) is 69.3 Å². The minimum absolute atomic E-state index is 0.0168. The first kappa shape index (κ1) is 23.0. The lowest BCUT2D eigenvalue weighted by Gasteiger charge is -2.19. The van der Waals surface area contributed by atoms with Crippen molar-refractivity contribution in [2.45, 2.75) is 31.3 Å². The summed E-state index contributed by atoms with van der Waals surface area (Å²) in [6.07, 6.45) is 1.02. The van der Waals surface area contributed by atoms with Crippen LogP contribution in [0.15, 0.2) is 65.7 Å². The average Bonchev–Trinajstić information content (AvgIpc) is 2.68. The molecular formula is C21H24N6O4S. The number of aromatic nitrogens is 2. The van der Waals surface area contributed by atoms with Gasteiger partial charge in [0.2, 0.25) is 16.0 Å². The Morgan fingerprint density at radius 1 is 0.969 bits per heavy atom. The molecule has 0 saturated heterocycles.